The molecule has 0 amide bonds. The van der Waals surface area contributed by atoms with Crippen LogP contribution in [0.25, 0.3) is 0 Å². The van der Waals surface area contributed by atoms with Gasteiger partial charge in [-0.3, -0.25) is 0 Å². The van der Waals surface area contributed by atoms with Crippen LogP contribution in [-0.4, -0.2) is 13.2 Å². The summed E-state index contributed by atoms with van der Waals surface area (Å²) in [7, 11) is 1.41. The molecule has 0 heterocycles. The summed E-state index contributed by atoms with van der Waals surface area (Å²) in [5.41, 5.74) is 22.1. The second-order valence-electron chi connectivity index (χ2n) is 5.20. The summed E-state index contributed by atoms with van der Waals surface area (Å²) in [4.78, 5) is 0. The molecule has 0 aliphatic carbocycles. The lowest BCUT2D eigenvalue weighted by atomic mass is 10.2. The smallest absolute Gasteiger partial charge is 0.151 e. The zero-order valence-corrected chi connectivity index (χ0v) is 15.8. The fraction of sp³-hybridized carbons (Fsp3) is 0.333. The van der Waals surface area contributed by atoms with E-state index in [1.807, 2.05) is 27.7 Å². The number of nitrogen functional groups attached to an aromatic ring is 4. The van der Waals surface area contributed by atoms with Crippen molar-refractivity contribution in [1.82, 2.24) is 0 Å². The van der Waals surface area contributed by atoms with E-state index in [4.69, 9.17) is 32.4 Å². The quantitative estimate of drug-likeness (QED) is 0.610. The summed E-state index contributed by atoms with van der Waals surface area (Å²) in [5, 5.41) is 0. The highest BCUT2D eigenvalue weighted by Crippen LogP contribution is 2.28. The molecule has 2 rings (SSSR count). The molecule has 26 heavy (non-hydrogen) atoms. The van der Waals surface area contributed by atoms with Gasteiger partial charge in [0.25, 0.3) is 0 Å². The number of methoxy groups -OCH3 is 1. The average Bonchev–Trinajstić information content (AvgIpc) is 2.57. The van der Waals surface area contributed by atoms with E-state index in [2.05, 4.69) is 0 Å². The van der Waals surface area contributed by atoms with Gasteiger partial charge in [0.05, 0.1) is 13.2 Å². The van der Waals surface area contributed by atoms with Crippen LogP contribution in [0.5, 0.6) is 11.5 Å². The van der Waals surface area contributed by atoms with Crippen LogP contribution in [0.15, 0.2) is 24.3 Å². The van der Waals surface area contributed by atoms with Crippen LogP contribution in [0.4, 0.5) is 31.5 Å². The van der Waals surface area contributed by atoms with E-state index in [0.717, 1.165) is 6.07 Å². The minimum Gasteiger partial charge on any atom is -0.494 e. The number of anilines is 4. The largest absolute Gasteiger partial charge is 0.494 e. The molecular formula is C18H28F2N4O2. The molecular weight excluding hydrogens is 342 g/mol. The van der Waals surface area contributed by atoms with Crippen LogP contribution < -0.4 is 32.4 Å². The Morgan fingerprint density at radius 2 is 1.15 bits per heavy atom. The van der Waals surface area contributed by atoms with Gasteiger partial charge in [-0.25, -0.2) is 8.78 Å². The molecule has 146 valence electrons. The summed E-state index contributed by atoms with van der Waals surface area (Å²) in [6.45, 7) is 7.67. The summed E-state index contributed by atoms with van der Waals surface area (Å²) < 4.78 is 35.8. The van der Waals surface area contributed by atoms with E-state index < -0.39 is 11.6 Å². The van der Waals surface area contributed by atoms with Gasteiger partial charge < -0.3 is 32.4 Å². The number of hydrogen-bond acceptors (Lipinski definition) is 6. The third-order valence-corrected chi connectivity index (χ3v) is 2.81. The van der Waals surface area contributed by atoms with Crippen LogP contribution in [0, 0.1) is 11.6 Å². The van der Waals surface area contributed by atoms with Gasteiger partial charge in [0.2, 0.25) is 0 Å². The first-order valence-electron chi connectivity index (χ1n) is 8.05. The maximum Gasteiger partial charge on any atom is 0.151 e. The molecule has 0 aromatic heterocycles. The Hall–Kier alpha value is -2.90. The standard InChI is InChI=1S/C9H13FN2O.C7H9FN2O.C2H6/c1-5(2)13-8-4-6(11)3-7(10)9(8)12;1-11-6-3-4(9)2-5(8)7(6)10;1-2/h3-5H,11-12H2,1-2H3;2-3H,9-10H2,1H3;1-2H3. The lowest BCUT2D eigenvalue weighted by Gasteiger charge is -2.12. The molecule has 2 aromatic carbocycles. The van der Waals surface area contributed by atoms with Gasteiger partial charge in [0, 0.05) is 23.5 Å². The summed E-state index contributed by atoms with van der Waals surface area (Å²) >= 11 is 0. The molecule has 0 saturated heterocycles. The number of halogens is 2. The highest BCUT2D eigenvalue weighted by atomic mass is 19.1. The SMILES string of the molecule is CC.CC(C)Oc1cc(N)cc(F)c1N.COc1cc(N)cc(F)c1N. The maximum atomic E-state index is 13.0. The number of benzene rings is 2. The fourth-order valence-electron chi connectivity index (χ4n) is 1.75. The number of hydrogen-bond donors (Lipinski definition) is 4. The van der Waals surface area contributed by atoms with Crippen LogP contribution in [-0.2, 0) is 0 Å². The predicted octanol–water partition coefficient (Wildman–Crippen LogP) is 3.80. The lowest BCUT2D eigenvalue weighted by molar-refractivity contribution is 0.243. The molecule has 0 aliphatic rings. The average molecular weight is 370 g/mol. The van der Waals surface area contributed by atoms with E-state index in [1.54, 1.807) is 0 Å². The van der Waals surface area contributed by atoms with Gasteiger partial charge >= 0.3 is 0 Å². The molecule has 2 aromatic rings. The molecule has 0 saturated carbocycles. The van der Waals surface area contributed by atoms with Gasteiger partial charge in [0.15, 0.2) is 11.6 Å². The van der Waals surface area contributed by atoms with Gasteiger partial charge in [-0.05, 0) is 26.0 Å². The minimum atomic E-state index is -0.554. The van der Waals surface area contributed by atoms with Crippen LogP contribution in [0.3, 0.4) is 0 Å². The zero-order chi connectivity index (χ0) is 20.4. The molecule has 0 fully saturated rings. The lowest BCUT2D eigenvalue weighted by Crippen LogP contribution is -2.08. The van der Waals surface area contributed by atoms with Crippen molar-refractivity contribution in [2.24, 2.45) is 0 Å². The highest BCUT2D eigenvalue weighted by molar-refractivity contribution is 5.61. The summed E-state index contributed by atoms with van der Waals surface area (Å²) in [6.07, 6.45) is -0.0523. The Bertz CT molecular complexity index is 710. The van der Waals surface area contributed by atoms with E-state index in [-0.39, 0.29) is 23.2 Å². The first-order valence-corrected chi connectivity index (χ1v) is 8.05. The van der Waals surface area contributed by atoms with Crippen molar-refractivity contribution >= 4 is 22.7 Å². The summed E-state index contributed by atoms with van der Waals surface area (Å²) in [5.74, 6) is -0.535. The van der Waals surface area contributed by atoms with E-state index >= 15 is 0 Å². The molecule has 8 heteroatoms. The Balaban J connectivity index is 0.000000444. The maximum absolute atomic E-state index is 13.0. The topological polar surface area (TPSA) is 123 Å². The second-order valence-corrected chi connectivity index (χ2v) is 5.20. The Kier molecular flexibility index (Phi) is 9.65. The van der Waals surface area contributed by atoms with Crippen molar-refractivity contribution in [3.05, 3.63) is 35.9 Å². The first-order chi connectivity index (χ1) is 12.1. The number of ether oxygens (including phenoxy) is 2. The van der Waals surface area contributed by atoms with Gasteiger partial charge in [-0.2, -0.15) is 0 Å². The van der Waals surface area contributed by atoms with E-state index in [0.29, 0.717) is 17.1 Å². The highest BCUT2D eigenvalue weighted by Gasteiger charge is 2.09. The van der Waals surface area contributed by atoms with Crippen molar-refractivity contribution in [2.75, 3.05) is 30.0 Å². The second kappa shape index (κ2) is 10.9. The van der Waals surface area contributed by atoms with Crippen LogP contribution >= 0.6 is 0 Å². The predicted molar refractivity (Wildman–Crippen MR) is 104 cm³/mol. The monoisotopic (exact) mass is 370 g/mol. The van der Waals surface area contributed by atoms with Crippen molar-refractivity contribution < 1.29 is 18.3 Å². The Morgan fingerprint density at radius 3 is 1.54 bits per heavy atom. The third-order valence-electron chi connectivity index (χ3n) is 2.81. The molecule has 8 N–H and O–H groups in total. The molecule has 0 radical (unpaired) electrons. The zero-order valence-electron chi connectivity index (χ0n) is 15.8. The van der Waals surface area contributed by atoms with Gasteiger partial charge in [0.1, 0.15) is 22.9 Å². The van der Waals surface area contributed by atoms with Crippen LogP contribution in [0.1, 0.15) is 27.7 Å². The van der Waals surface area contributed by atoms with Crippen molar-refractivity contribution in [3.8, 4) is 11.5 Å². The minimum absolute atomic E-state index is 0.00269. The van der Waals surface area contributed by atoms with Crippen LogP contribution in [0.2, 0.25) is 0 Å². The molecule has 0 spiro atoms. The first kappa shape index (κ1) is 23.1. The molecule has 6 nitrogen and oxygen atoms in total. The van der Waals surface area contributed by atoms with E-state index in [1.165, 1.54) is 25.3 Å². The third kappa shape index (κ3) is 6.92. The van der Waals surface area contributed by atoms with Crippen molar-refractivity contribution in [1.29, 1.82) is 0 Å². The van der Waals surface area contributed by atoms with Crippen molar-refractivity contribution in [3.63, 3.8) is 0 Å². The van der Waals surface area contributed by atoms with E-state index in [9.17, 15) is 8.78 Å². The summed E-state index contributed by atoms with van der Waals surface area (Å²) in [6, 6.07) is 5.30. The fourth-order valence-corrected chi connectivity index (χ4v) is 1.75. The molecule has 0 bridgehead atoms. The van der Waals surface area contributed by atoms with Crippen molar-refractivity contribution in [2.45, 2.75) is 33.8 Å². The normalized spacial score (nSPS) is 9.54. The molecule has 0 aliphatic heterocycles. The number of nitrogens with two attached hydrogens (primary N) is 4. The molecule has 0 atom stereocenters. The number of rotatable bonds is 3. The van der Waals surface area contributed by atoms with Gasteiger partial charge in [-0.15, -0.1) is 0 Å². The Morgan fingerprint density at radius 1 is 0.769 bits per heavy atom. The Labute approximate surface area is 153 Å². The van der Waals surface area contributed by atoms with Gasteiger partial charge in [-0.1, -0.05) is 13.8 Å². The molecule has 0 unspecified atom stereocenters.